The average molecular weight is 508 g/mol. The van der Waals surface area contributed by atoms with Crippen LogP contribution in [0.2, 0.25) is 0 Å². The van der Waals surface area contributed by atoms with Gasteiger partial charge in [-0.2, -0.15) is 0 Å². The molecular weight excluding hydrogens is 478 g/mol. The Morgan fingerprint density at radius 3 is 2.66 bits per heavy atom. The number of thiazole rings is 1. The molecule has 1 unspecified atom stereocenters. The van der Waals surface area contributed by atoms with E-state index in [0.29, 0.717) is 16.8 Å². The number of nitrogens with one attached hydrogen (secondary N) is 1. The Morgan fingerprint density at radius 1 is 1.14 bits per heavy atom. The molecule has 35 heavy (non-hydrogen) atoms. The molecule has 0 bridgehead atoms. The van der Waals surface area contributed by atoms with Crippen LogP contribution in [0.15, 0.2) is 53.0 Å². The number of ether oxygens (including phenoxy) is 1. The van der Waals surface area contributed by atoms with Crippen molar-refractivity contribution in [2.75, 3.05) is 11.1 Å². The van der Waals surface area contributed by atoms with Gasteiger partial charge in [0.25, 0.3) is 0 Å². The third-order valence-corrected chi connectivity index (χ3v) is 7.44. The van der Waals surface area contributed by atoms with E-state index in [2.05, 4.69) is 52.5 Å². The fraction of sp³-hybridized carbons (Fsp3) is 0.308. The highest BCUT2D eigenvalue weighted by Crippen LogP contribution is 2.29. The van der Waals surface area contributed by atoms with E-state index in [4.69, 9.17) is 4.74 Å². The van der Waals surface area contributed by atoms with Gasteiger partial charge in [-0.25, -0.2) is 4.98 Å². The van der Waals surface area contributed by atoms with Crippen molar-refractivity contribution in [2.45, 2.75) is 52.4 Å². The highest BCUT2D eigenvalue weighted by Gasteiger charge is 2.20. The summed E-state index contributed by atoms with van der Waals surface area (Å²) < 4.78 is 8.19. The summed E-state index contributed by atoms with van der Waals surface area (Å²) in [5.41, 5.74) is 5.37. The quantitative estimate of drug-likeness (QED) is 0.271. The van der Waals surface area contributed by atoms with Crippen molar-refractivity contribution in [1.82, 2.24) is 19.7 Å². The highest BCUT2D eigenvalue weighted by atomic mass is 32.2. The van der Waals surface area contributed by atoms with Crippen molar-refractivity contribution in [3.8, 4) is 17.0 Å². The van der Waals surface area contributed by atoms with E-state index in [-0.39, 0.29) is 17.8 Å². The first-order valence-electron chi connectivity index (χ1n) is 11.5. The summed E-state index contributed by atoms with van der Waals surface area (Å²) in [7, 11) is 0. The zero-order chi connectivity index (χ0) is 24.9. The third kappa shape index (κ3) is 5.91. The van der Waals surface area contributed by atoms with E-state index < -0.39 is 0 Å². The molecule has 1 N–H and O–H groups in total. The Balaban J connectivity index is 1.37. The van der Waals surface area contributed by atoms with Crippen molar-refractivity contribution in [3.05, 3.63) is 70.4 Å². The number of aromatic nitrogens is 4. The summed E-state index contributed by atoms with van der Waals surface area (Å²) in [5.74, 6) is 1.65. The number of aryl methyl sites for hydroxylation is 2. The summed E-state index contributed by atoms with van der Waals surface area (Å²) in [4.78, 5) is 17.1. The van der Waals surface area contributed by atoms with Crippen LogP contribution < -0.4 is 10.1 Å². The average Bonchev–Trinajstić information content (AvgIpc) is 3.48. The van der Waals surface area contributed by atoms with Gasteiger partial charge in [-0.1, -0.05) is 53.7 Å². The van der Waals surface area contributed by atoms with Crippen LogP contribution in [0.5, 0.6) is 5.75 Å². The molecule has 182 valence electrons. The minimum Gasteiger partial charge on any atom is -0.482 e. The molecule has 0 aliphatic rings. The van der Waals surface area contributed by atoms with Gasteiger partial charge in [0.05, 0.1) is 11.4 Å². The first kappa shape index (κ1) is 24.9. The van der Waals surface area contributed by atoms with Gasteiger partial charge in [0, 0.05) is 17.5 Å². The lowest BCUT2D eigenvalue weighted by molar-refractivity contribution is -0.113. The van der Waals surface area contributed by atoms with Gasteiger partial charge >= 0.3 is 0 Å². The molecule has 1 atom stereocenters. The molecular formula is C26H29N5O2S2. The SMILES string of the molecule is CCn1c(SCC(=O)Nc2nc(-c3ccc(C)cc3)cs2)nnc1C(C)Oc1cccc(C)c1C. The van der Waals surface area contributed by atoms with E-state index in [1.807, 2.05) is 55.0 Å². The molecule has 1 amide bonds. The van der Waals surface area contributed by atoms with Crippen molar-refractivity contribution in [2.24, 2.45) is 0 Å². The molecule has 0 aliphatic carbocycles. The van der Waals surface area contributed by atoms with Gasteiger partial charge in [-0.15, -0.1) is 21.5 Å². The maximum absolute atomic E-state index is 12.6. The minimum absolute atomic E-state index is 0.133. The van der Waals surface area contributed by atoms with E-state index in [9.17, 15) is 4.79 Å². The highest BCUT2D eigenvalue weighted by molar-refractivity contribution is 7.99. The zero-order valence-corrected chi connectivity index (χ0v) is 22.2. The zero-order valence-electron chi connectivity index (χ0n) is 20.5. The molecule has 0 spiro atoms. The van der Waals surface area contributed by atoms with Crippen molar-refractivity contribution in [3.63, 3.8) is 0 Å². The maximum atomic E-state index is 12.6. The Hall–Kier alpha value is -3.17. The second-order valence-electron chi connectivity index (χ2n) is 8.28. The van der Waals surface area contributed by atoms with Crippen LogP contribution in [-0.2, 0) is 11.3 Å². The molecule has 2 aromatic heterocycles. The molecule has 2 aromatic carbocycles. The lowest BCUT2D eigenvalue weighted by Gasteiger charge is -2.17. The predicted octanol–water partition coefficient (Wildman–Crippen LogP) is 6.22. The summed E-state index contributed by atoms with van der Waals surface area (Å²) >= 11 is 2.77. The van der Waals surface area contributed by atoms with Gasteiger partial charge in [0.1, 0.15) is 5.75 Å². The topological polar surface area (TPSA) is 81.9 Å². The second kappa shape index (κ2) is 11.0. The number of carbonyl (C=O) groups is 1. The van der Waals surface area contributed by atoms with Gasteiger partial charge in [0.15, 0.2) is 22.2 Å². The van der Waals surface area contributed by atoms with Crippen molar-refractivity contribution in [1.29, 1.82) is 0 Å². The molecule has 0 saturated carbocycles. The van der Waals surface area contributed by atoms with E-state index in [0.717, 1.165) is 28.4 Å². The van der Waals surface area contributed by atoms with Gasteiger partial charge in [0.2, 0.25) is 5.91 Å². The Bertz CT molecular complexity index is 1310. The summed E-state index contributed by atoms with van der Waals surface area (Å²) in [6.45, 7) is 10.8. The van der Waals surface area contributed by atoms with Crippen molar-refractivity contribution < 1.29 is 9.53 Å². The number of anilines is 1. The molecule has 0 saturated heterocycles. The van der Waals surface area contributed by atoms with E-state index in [1.165, 1.54) is 34.2 Å². The number of hydrogen-bond acceptors (Lipinski definition) is 7. The largest absolute Gasteiger partial charge is 0.482 e. The van der Waals surface area contributed by atoms with Crippen LogP contribution in [0.4, 0.5) is 5.13 Å². The van der Waals surface area contributed by atoms with E-state index in [1.54, 1.807) is 0 Å². The number of hydrogen-bond donors (Lipinski definition) is 1. The normalized spacial score (nSPS) is 11.9. The third-order valence-electron chi connectivity index (χ3n) is 5.71. The van der Waals surface area contributed by atoms with Crippen LogP contribution in [-0.4, -0.2) is 31.4 Å². The fourth-order valence-electron chi connectivity index (χ4n) is 3.57. The number of amides is 1. The summed E-state index contributed by atoms with van der Waals surface area (Å²) in [5, 5.41) is 14.8. The number of carbonyl (C=O) groups excluding carboxylic acids is 1. The van der Waals surface area contributed by atoms with Gasteiger partial charge < -0.3 is 14.6 Å². The molecule has 0 fully saturated rings. The lowest BCUT2D eigenvalue weighted by atomic mass is 10.1. The van der Waals surface area contributed by atoms with E-state index >= 15 is 0 Å². The Morgan fingerprint density at radius 2 is 1.91 bits per heavy atom. The summed E-state index contributed by atoms with van der Waals surface area (Å²) in [6, 6.07) is 14.2. The smallest absolute Gasteiger partial charge is 0.236 e. The number of rotatable bonds is 9. The van der Waals surface area contributed by atoms with Crippen LogP contribution in [0.3, 0.4) is 0 Å². The summed E-state index contributed by atoms with van der Waals surface area (Å²) in [6.07, 6.45) is -0.276. The molecule has 9 heteroatoms. The molecule has 0 radical (unpaired) electrons. The van der Waals surface area contributed by atoms with Crippen LogP contribution in [0.1, 0.15) is 42.5 Å². The Kier molecular flexibility index (Phi) is 7.87. The number of benzene rings is 2. The van der Waals surface area contributed by atoms with Crippen LogP contribution in [0, 0.1) is 20.8 Å². The van der Waals surface area contributed by atoms with Gasteiger partial charge in [-0.05, 0) is 51.8 Å². The first-order chi connectivity index (χ1) is 16.9. The lowest BCUT2D eigenvalue weighted by Crippen LogP contribution is -2.15. The maximum Gasteiger partial charge on any atom is 0.236 e. The minimum atomic E-state index is -0.276. The fourth-order valence-corrected chi connectivity index (χ4v) is 5.12. The monoisotopic (exact) mass is 507 g/mol. The number of thioether (sulfide) groups is 1. The van der Waals surface area contributed by atoms with Crippen LogP contribution >= 0.6 is 23.1 Å². The predicted molar refractivity (Wildman–Crippen MR) is 142 cm³/mol. The number of nitrogens with zero attached hydrogens (tertiary/aromatic N) is 4. The molecule has 7 nitrogen and oxygen atoms in total. The molecule has 2 heterocycles. The second-order valence-corrected chi connectivity index (χ2v) is 10.1. The van der Waals surface area contributed by atoms with Crippen LogP contribution in [0.25, 0.3) is 11.3 Å². The standard InChI is InChI=1S/C26H29N5O2S2/c1-6-31-24(19(5)33-22-9-7-8-17(3)18(22)4)29-30-26(31)35-15-23(32)28-25-27-21(14-34-25)20-12-10-16(2)11-13-20/h7-14,19H,6,15H2,1-5H3,(H,27,28,32). The molecule has 4 rings (SSSR count). The molecule has 4 aromatic rings. The van der Waals surface area contributed by atoms with Gasteiger partial charge in [-0.3, -0.25) is 4.79 Å². The van der Waals surface area contributed by atoms with Crippen molar-refractivity contribution >= 4 is 34.1 Å². The first-order valence-corrected chi connectivity index (χ1v) is 13.3. The Labute approximate surface area is 214 Å². The molecule has 0 aliphatic heterocycles.